The van der Waals surface area contributed by atoms with Crippen LogP contribution >= 0.6 is 0 Å². The molecule has 1 rings (SSSR count). The molecule has 0 radical (unpaired) electrons. The molecule has 0 aliphatic rings. The topological polar surface area (TPSA) is 49.4 Å². The number of para-hydroxylation sites is 1. The highest BCUT2D eigenvalue weighted by Crippen LogP contribution is 2.25. The van der Waals surface area contributed by atoms with Gasteiger partial charge in [-0.15, -0.1) is 0 Å². The molecule has 128 valence electrons. The van der Waals surface area contributed by atoms with Gasteiger partial charge in [-0.1, -0.05) is 19.9 Å². The van der Waals surface area contributed by atoms with E-state index >= 15 is 0 Å². The Labute approximate surface area is 135 Å². The normalized spacial score (nSPS) is 11.2. The summed E-state index contributed by atoms with van der Waals surface area (Å²) in [5.74, 6) is -2.83. The van der Waals surface area contributed by atoms with E-state index in [0.29, 0.717) is 13.1 Å². The Balaban J connectivity index is 2.97. The van der Waals surface area contributed by atoms with Gasteiger partial charge < -0.3 is 10.2 Å². The summed E-state index contributed by atoms with van der Waals surface area (Å²) in [5, 5.41) is 2.20. The minimum atomic E-state index is -1.42. The van der Waals surface area contributed by atoms with Crippen molar-refractivity contribution >= 4 is 17.5 Å². The van der Waals surface area contributed by atoms with Crippen LogP contribution in [-0.4, -0.2) is 29.8 Å². The molecule has 0 aromatic heterocycles. The molecule has 0 saturated carbocycles. The Morgan fingerprint density at radius 1 is 1.09 bits per heavy atom. The Hall–Kier alpha value is -1.98. The summed E-state index contributed by atoms with van der Waals surface area (Å²) < 4.78 is 27.3. The zero-order valence-corrected chi connectivity index (χ0v) is 14.1. The quantitative estimate of drug-likeness (QED) is 0.779. The van der Waals surface area contributed by atoms with Gasteiger partial charge in [0.05, 0.1) is 0 Å². The molecule has 0 aliphatic carbocycles. The molecule has 1 N–H and O–H groups in total. The summed E-state index contributed by atoms with van der Waals surface area (Å²) in [7, 11) is 0. The van der Waals surface area contributed by atoms with Crippen molar-refractivity contribution < 1.29 is 18.4 Å². The third-order valence-electron chi connectivity index (χ3n) is 3.58. The Morgan fingerprint density at radius 2 is 1.57 bits per heavy atom. The lowest BCUT2D eigenvalue weighted by Gasteiger charge is -2.30. The van der Waals surface area contributed by atoms with Crippen LogP contribution in [0.5, 0.6) is 0 Å². The summed E-state index contributed by atoms with van der Waals surface area (Å²) in [6.45, 7) is 7.88. The standard InChI is InChI=1S/C17H24F2N2O2/c1-5-10-21(11-6-2)16(23)17(3,4)15(22)20-14-12(18)8-7-9-13(14)19/h7-9H,5-6,10-11H2,1-4H3,(H,20,22). The Bertz CT molecular complexity index is 547. The highest BCUT2D eigenvalue weighted by molar-refractivity contribution is 6.09. The van der Waals surface area contributed by atoms with Crippen LogP contribution in [0.2, 0.25) is 0 Å². The van der Waals surface area contributed by atoms with Crippen molar-refractivity contribution in [2.75, 3.05) is 18.4 Å². The molecule has 0 bridgehead atoms. The SMILES string of the molecule is CCCN(CCC)C(=O)C(C)(C)C(=O)Nc1c(F)cccc1F. The van der Waals surface area contributed by atoms with Gasteiger partial charge >= 0.3 is 0 Å². The molecule has 2 amide bonds. The third kappa shape index (κ3) is 4.50. The number of rotatable bonds is 7. The molecule has 0 fully saturated rings. The number of hydrogen-bond donors (Lipinski definition) is 1. The van der Waals surface area contributed by atoms with Crippen LogP contribution in [0.25, 0.3) is 0 Å². The molecule has 0 spiro atoms. The highest BCUT2D eigenvalue weighted by atomic mass is 19.1. The van der Waals surface area contributed by atoms with Crippen molar-refractivity contribution in [2.45, 2.75) is 40.5 Å². The average molecular weight is 326 g/mol. The first-order chi connectivity index (χ1) is 10.8. The van der Waals surface area contributed by atoms with E-state index in [4.69, 9.17) is 0 Å². The summed E-state index contributed by atoms with van der Waals surface area (Å²) in [6, 6.07) is 3.31. The fourth-order valence-electron chi connectivity index (χ4n) is 2.23. The molecule has 23 heavy (non-hydrogen) atoms. The summed E-state index contributed by atoms with van der Waals surface area (Å²) in [5.41, 5.74) is -1.95. The zero-order valence-electron chi connectivity index (χ0n) is 14.1. The monoisotopic (exact) mass is 326 g/mol. The number of nitrogens with one attached hydrogen (secondary N) is 1. The van der Waals surface area contributed by atoms with Gasteiger partial charge in [-0.05, 0) is 38.8 Å². The molecule has 0 saturated heterocycles. The molecular weight excluding hydrogens is 302 g/mol. The lowest BCUT2D eigenvalue weighted by molar-refractivity contribution is -0.146. The number of nitrogens with zero attached hydrogens (tertiary/aromatic N) is 1. The average Bonchev–Trinajstić information content (AvgIpc) is 2.49. The molecule has 0 atom stereocenters. The Morgan fingerprint density at radius 3 is 2.00 bits per heavy atom. The van der Waals surface area contributed by atoms with Crippen LogP contribution < -0.4 is 5.32 Å². The van der Waals surface area contributed by atoms with Crippen molar-refractivity contribution in [3.05, 3.63) is 29.8 Å². The van der Waals surface area contributed by atoms with Crippen LogP contribution in [0.1, 0.15) is 40.5 Å². The first-order valence-electron chi connectivity index (χ1n) is 7.80. The van der Waals surface area contributed by atoms with Crippen LogP contribution in [0.4, 0.5) is 14.5 Å². The largest absolute Gasteiger partial charge is 0.342 e. The second-order valence-electron chi connectivity index (χ2n) is 5.97. The van der Waals surface area contributed by atoms with E-state index in [1.54, 1.807) is 4.90 Å². The van der Waals surface area contributed by atoms with Crippen molar-refractivity contribution in [3.8, 4) is 0 Å². The van der Waals surface area contributed by atoms with Crippen LogP contribution in [0.3, 0.4) is 0 Å². The van der Waals surface area contributed by atoms with Gasteiger partial charge in [-0.2, -0.15) is 0 Å². The second kappa shape index (κ2) is 8.04. The van der Waals surface area contributed by atoms with E-state index in [1.807, 2.05) is 13.8 Å². The zero-order chi connectivity index (χ0) is 17.6. The number of halogens is 2. The molecule has 0 heterocycles. The minimum absolute atomic E-state index is 0.351. The first-order valence-corrected chi connectivity index (χ1v) is 7.80. The maximum absolute atomic E-state index is 13.7. The van der Waals surface area contributed by atoms with E-state index in [0.717, 1.165) is 25.0 Å². The lowest BCUT2D eigenvalue weighted by Crippen LogP contribution is -2.48. The maximum Gasteiger partial charge on any atom is 0.239 e. The fourth-order valence-corrected chi connectivity index (χ4v) is 2.23. The van der Waals surface area contributed by atoms with E-state index in [2.05, 4.69) is 5.32 Å². The summed E-state index contributed by atoms with van der Waals surface area (Å²) in [6.07, 6.45) is 1.54. The van der Waals surface area contributed by atoms with Gasteiger partial charge in [-0.3, -0.25) is 9.59 Å². The predicted molar refractivity (Wildman–Crippen MR) is 85.9 cm³/mol. The van der Waals surface area contributed by atoms with Crippen molar-refractivity contribution in [1.82, 2.24) is 4.90 Å². The van der Waals surface area contributed by atoms with Gasteiger partial charge in [0.1, 0.15) is 22.7 Å². The molecule has 1 aromatic carbocycles. The molecule has 6 heteroatoms. The molecular formula is C17H24F2N2O2. The highest BCUT2D eigenvalue weighted by Gasteiger charge is 2.39. The summed E-state index contributed by atoms with van der Waals surface area (Å²) >= 11 is 0. The molecule has 0 aliphatic heterocycles. The van der Waals surface area contributed by atoms with E-state index in [-0.39, 0.29) is 5.91 Å². The van der Waals surface area contributed by atoms with Gasteiger partial charge in [0, 0.05) is 13.1 Å². The van der Waals surface area contributed by atoms with E-state index < -0.39 is 28.6 Å². The van der Waals surface area contributed by atoms with Crippen LogP contribution in [-0.2, 0) is 9.59 Å². The van der Waals surface area contributed by atoms with E-state index in [1.165, 1.54) is 19.9 Å². The fraction of sp³-hybridized carbons (Fsp3) is 0.529. The van der Waals surface area contributed by atoms with Crippen molar-refractivity contribution in [2.24, 2.45) is 5.41 Å². The second-order valence-corrected chi connectivity index (χ2v) is 5.97. The number of benzene rings is 1. The summed E-state index contributed by atoms with van der Waals surface area (Å²) in [4.78, 5) is 26.6. The number of carbonyl (C=O) groups excluding carboxylic acids is 2. The van der Waals surface area contributed by atoms with Gasteiger partial charge in [0.25, 0.3) is 0 Å². The number of amides is 2. The number of anilines is 1. The molecule has 4 nitrogen and oxygen atoms in total. The minimum Gasteiger partial charge on any atom is -0.342 e. The lowest BCUT2D eigenvalue weighted by atomic mass is 9.90. The third-order valence-corrected chi connectivity index (χ3v) is 3.58. The molecule has 0 unspecified atom stereocenters. The smallest absolute Gasteiger partial charge is 0.239 e. The molecule has 1 aromatic rings. The van der Waals surface area contributed by atoms with Crippen molar-refractivity contribution in [1.29, 1.82) is 0 Å². The number of hydrogen-bond acceptors (Lipinski definition) is 2. The van der Waals surface area contributed by atoms with Gasteiger partial charge in [0.2, 0.25) is 11.8 Å². The van der Waals surface area contributed by atoms with Crippen LogP contribution in [0, 0.1) is 17.0 Å². The number of carbonyl (C=O) groups is 2. The van der Waals surface area contributed by atoms with Crippen LogP contribution in [0.15, 0.2) is 18.2 Å². The Kier molecular flexibility index (Phi) is 6.66. The first kappa shape index (κ1) is 19.1. The van der Waals surface area contributed by atoms with E-state index in [9.17, 15) is 18.4 Å². The predicted octanol–water partition coefficient (Wildman–Crippen LogP) is 3.58. The van der Waals surface area contributed by atoms with Gasteiger partial charge in [0.15, 0.2) is 0 Å². The van der Waals surface area contributed by atoms with Gasteiger partial charge in [-0.25, -0.2) is 8.78 Å². The van der Waals surface area contributed by atoms with Crippen molar-refractivity contribution in [3.63, 3.8) is 0 Å². The maximum atomic E-state index is 13.7.